The molecule has 0 bridgehead atoms. The number of rotatable bonds is 4. The molecule has 0 aliphatic carbocycles. The Labute approximate surface area is 99.9 Å². The van der Waals surface area contributed by atoms with E-state index in [-0.39, 0.29) is 12.1 Å². The van der Waals surface area contributed by atoms with Gasteiger partial charge < -0.3 is 10.5 Å². The molecule has 0 heterocycles. The summed E-state index contributed by atoms with van der Waals surface area (Å²) in [6.45, 7) is 6.05. The topological polar surface area (TPSA) is 35.2 Å². The van der Waals surface area contributed by atoms with Crippen molar-refractivity contribution in [3.63, 3.8) is 0 Å². The Bertz CT molecular complexity index is 323. The molecule has 3 heteroatoms. The van der Waals surface area contributed by atoms with Crippen molar-refractivity contribution in [1.29, 1.82) is 0 Å². The molecule has 0 aliphatic rings. The standard InChI is InChI=1S/C12H18BrNO/c1-8(2)15-12-5-4-11(13)7-10(12)6-9(3)14/h4-5,7-9H,6,14H2,1-3H3. The Morgan fingerprint density at radius 1 is 1.33 bits per heavy atom. The third kappa shape index (κ3) is 4.22. The fourth-order valence-electron chi connectivity index (χ4n) is 1.42. The normalized spacial score (nSPS) is 12.9. The summed E-state index contributed by atoms with van der Waals surface area (Å²) < 4.78 is 6.79. The van der Waals surface area contributed by atoms with Gasteiger partial charge in [-0.1, -0.05) is 15.9 Å². The van der Waals surface area contributed by atoms with E-state index >= 15 is 0 Å². The van der Waals surface area contributed by atoms with Crippen molar-refractivity contribution in [2.45, 2.75) is 39.3 Å². The van der Waals surface area contributed by atoms with Crippen LogP contribution in [0.4, 0.5) is 0 Å². The van der Waals surface area contributed by atoms with E-state index in [4.69, 9.17) is 10.5 Å². The summed E-state index contributed by atoms with van der Waals surface area (Å²) in [4.78, 5) is 0. The third-order valence-electron chi connectivity index (χ3n) is 1.93. The second-order valence-corrected chi connectivity index (χ2v) is 5.02. The second kappa shape index (κ2) is 5.52. The predicted octanol–water partition coefficient (Wildman–Crippen LogP) is 3.13. The average Bonchev–Trinajstić information content (AvgIpc) is 2.08. The minimum Gasteiger partial charge on any atom is -0.491 e. The summed E-state index contributed by atoms with van der Waals surface area (Å²) in [5, 5.41) is 0. The Kier molecular flexibility index (Phi) is 4.61. The van der Waals surface area contributed by atoms with E-state index in [1.165, 1.54) is 0 Å². The number of benzene rings is 1. The predicted molar refractivity (Wildman–Crippen MR) is 67.3 cm³/mol. The molecule has 1 rings (SSSR count). The third-order valence-corrected chi connectivity index (χ3v) is 2.42. The fourth-order valence-corrected chi connectivity index (χ4v) is 1.83. The zero-order valence-electron chi connectivity index (χ0n) is 9.46. The molecule has 0 amide bonds. The van der Waals surface area contributed by atoms with Crippen molar-refractivity contribution in [3.05, 3.63) is 28.2 Å². The van der Waals surface area contributed by atoms with E-state index in [0.717, 1.165) is 22.2 Å². The summed E-state index contributed by atoms with van der Waals surface area (Å²) >= 11 is 3.46. The van der Waals surface area contributed by atoms with Gasteiger partial charge in [0.15, 0.2) is 0 Å². The van der Waals surface area contributed by atoms with E-state index in [1.807, 2.05) is 32.9 Å². The van der Waals surface area contributed by atoms with Crippen LogP contribution in [0.25, 0.3) is 0 Å². The number of nitrogens with two attached hydrogens (primary N) is 1. The van der Waals surface area contributed by atoms with Gasteiger partial charge in [0, 0.05) is 10.5 Å². The highest BCUT2D eigenvalue weighted by atomic mass is 79.9. The van der Waals surface area contributed by atoms with E-state index < -0.39 is 0 Å². The van der Waals surface area contributed by atoms with Gasteiger partial charge in [-0.3, -0.25) is 0 Å². The lowest BCUT2D eigenvalue weighted by Crippen LogP contribution is -2.19. The van der Waals surface area contributed by atoms with Gasteiger partial charge >= 0.3 is 0 Å². The molecule has 1 aromatic carbocycles. The van der Waals surface area contributed by atoms with Gasteiger partial charge in [0.05, 0.1) is 6.10 Å². The molecule has 0 aromatic heterocycles. The molecular formula is C12H18BrNO. The van der Waals surface area contributed by atoms with Crippen LogP contribution in [-0.4, -0.2) is 12.1 Å². The molecular weight excluding hydrogens is 254 g/mol. The Balaban J connectivity index is 2.92. The average molecular weight is 272 g/mol. The van der Waals surface area contributed by atoms with Crippen LogP contribution in [0.1, 0.15) is 26.3 Å². The SMILES string of the molecule is CC(N)Cc1cc(Br)ccc1OC(C)C. The zero-order valence-corrected chi connectivity index (χ0v) is 11.0. The minimum atomic E-state index is 0.147. The van der Waals surface area contributed by atoms with Crippen molar-refractivity contribution in [2.75, 3.05) is 0 Å². The number of halogens is 1. The van der Waals surface area contributed by atoms with Crippen molar-refractivity contribution < 1.29 is 4.74 Å². The fraction of sp³-hybridized carbons (Fsp3) is 0.500. The van der Waals surface area contributed by atoms with Crippen LogP contribution in [-0.2, 0) is 6.42 Å². The first-order valence-electron chi connectivity index (χ1n) is 5.19. The van der Waals surface area contributed by atoms with Crippen LogP contribution in [0.2, 0.25) is 0 Å². The van der Waals surface area contributed by atoms with Crippen LogP contribution < -0.4 is 10.5 Å². The van der Waals surface area contributed by atoms with Crippen LogP contribution in [0.3, 0.4) is 0 Å². The Morgan fingerprint density at radius 3 is 2.53 bits per heavy atom. The first-order valence-corrected chi connectivity index (χ1v) is 5.99. The molecule has 2 nitrogen and oxygen atoms in total. The molecule has 0 aliphatic heterocycles. The van der Waals surface area contributed by atoms with Crippen molar-refractivity contribution >= 4 is 15.9 Å². The summed E-state index contributed by atoms with van der Waals surface area (Å²) in [5.41, 5.74) is 6.96. The first-order chi connectivity index (χ1) is 6.99. The Morgan fingerprint density at radius 2 is 2.00 bits per heavy atom. The monoisotopic (exact) mass is 271 g/mol. The number of ether oxygens (including phenoxy) is 1. The smallest absolute Gasteiger partial charge is 0.123 e. The lowest BCUT2D eigenvalue weighted by atomic mass is 10.1. The van der Waals surface area contributed by atoms with Crippen LogP contribution in [0.15, 0.2) is 22.7 Å². The molecule has 0 saturated carbocycles. The molecule has 1 atom stereocenters. The second-order valence-electron chi connectivity index (χ2n) is 4.10. The van der Waals surface area contributed by atoms with Gasteiger partial charge in [-0.25, -0.2) is 0 Å². The molecule has 1 aromatic rings. The van der Waals surface area contributed by atoms with Gasteiger partial charge in [-0.05, 0) is 51.0 Å². The maximum Gasteiger partial charge on any atom is 0.123 e. The van der Waals surface area contributed by atoms with Crippen molar-refractivity contribution in [1.82, 2.24) is 0 Å². The van der Waals surface area contributed by atoms with Crippen LogP contribution >= 0.6 is 15.9 Å². The largest absolute Gasteiger partial charge is 0.491 e. The van der Waals surface area contributed by atoms with Gasteiger partial charge in [-0.2, -0.15) is 0 Å². The highest BCUT2D eigenvalue weighted by Gasteiger charge is 2.08. The molecule has 0 fully saturated rings. The van der Waals surface area contributed by atoms with Crippen LogP contribution in [0.5, 0.6) is 5.75 Å². The molecule has 2 N–H and O–H groups in total. The molecule has 0 radical (unpaired) electrons. The van der Waals surface area contributed by atoms with Gasteiger partial charge in [0.2, 0.25) is 0 Å². The lowest BCUT2D eigenvalue weighted by molar-refractivity contribution is 0.239. The van der Waals surface area contributed by atoms with E-state index in [2.05, 4.69) is 22.0 Å². The first kappa shape index (κ1) is 12.5. The summed E-state index contributed by atoms with van der Waals surface area (Å²) in [7, 11) is 0. The van der Waals surface area contributed by atoms with Crippen molar-refractivity contribution in [2.24, 2.45) is 5.73 Å². The lowest BCUT2D eigenvalue weighted by Gasteiger charge is -2.15. The highest BCUT2D eigenvalue weighted by Crippen LogP contribution is 2.25. The summed E-state index contributed by atoms with van der Waals surface area (Å²) in [6, 6.07) is 6.19. The van der Waals surface area contributed by atoms with Gasteiger partial charge in [0.25, 0.3) is 0 Å². The van der Waals surface area contributed by atoms with Gasteiger partial charge in [0.1, 0.15) is 5.75 Å². The Hall–Kier alpha value is -0.540. The molecule has 0 spiro atoms. The quantitative estimate of drug-likeness (QED) is 0.914. The maximum atomic E-state index is 5.80. The number of hydrogen-bond donors (Lipinski definition) is 1. The maximum absolute atomic E-state index is 5.80. The zero-order chi connectivity index (χ0) is 11.4. The molecule has 0 saturated heterocycles. The summed E-state index contributed by atoms with van der Waals surface area (Å²) in [6.07, 6.45) is 1.03. The van der Waals surface area contributed by atoms with Gasteiger partial charge in [-0.15, -0.1) is 0 Å². The minimum absolute atomic E-state index is 0.147. The van der Waals surface area contributed by atoms with E-state index in [0.29, 0.717) is 0 Å². The van der Waals surface area contributed by atoms with Crippen LogP contribution in [0, 0.1) is 0 Å². The van der Waals surface area contributed by atoms with E-state index in [9.17, 15) is 0 Å². The molecule has 1 unspecified atom stereocenters. The van der Waals surface area contributed by atoms with E-state index in [1.54, 1.807) is 0 Å². The molecule has 84 valence electrons. The molecule has 15 heavy (non-hydrogen) atoms. The van der Waals surface area contributed by atoms with Crippen molar-refractivity contribution in [3.8, 4) is 5.75 Å². The summed E-state index contributed by atoms with van der Waals surface area (Å²) in [5.74, 6) is 0.936. The number of hydrogen-bond acceptors (Lipinski definition) is 2. The highest BCUT2D eigenvalue weighted by molar-refractivity contribution is 9.10.